The van der Waals surface area contributed by atoms with Crippen LogP contribution in [0.1, 0.15) is 45.8 Å². The van der Waals surface area contributed by atoms with Gasteiger partial charge in [0.15, 0.2) is 0 Å². The molecule has 2 aromatic heterocycles. The summed E-state index contributed by atoms with van der Waals surface area (Å²) in [6, 6.07) is 1.69. The molecule has 2 heterocycles. The molecule has 0 unspecified atom stereocenters. The van der Waals surface area contributed by atoms with E-state index in [4.69, 9.17) is 0 Å². The van der Waals surface area contributed by atoms with Crippen LogP contribution in [0.15, 0.2) is 10.9 Å². The summed E-state index contributed by atoms with van der Waals surface area (Å²) in [5.41, 5.74) is 4.13. The fourth-order valence-electron chi connectivity index (χ4n) is 3.23. The molecule has 24 heavy (non-hydrogen) atoms. The Hall–Kier alpha value is -2.44. The number of amides is 1. The Labute approximate surface area is 140 Å². The van der Waals surface area contributed by atoms with Gasteiger partial charge in [0.05, 0.1) is 23.5 Å². The van der Waals surface area contributed by atoms with Gasteiger partial charge in [-0.15, -0.1) is 0 Å². The van der Waals surface area contributed by atoms with Crippen molar-refractivity contribution in [2.75, 3.05) is 6.54 Å². The summed E-state index contributed by atoms with van der Waals surface area (Å²) >= 11 is 0. The Kier molecular flexibility index (Phi) is 4.51. The molecule has 0 radical (unpaired) electrons. The number of aryl methyl sites for hydroxylation is 4. The molecule has 0 fully saturated rings. The number of nitrogens with zero attached hydrogens (tertiary/aromatic N) is 4. The number of carbonyl (C=O) groups excluding carboxylic acids is 1. The predicted octanol–water partition coefficient (Wildman–Crippen LogP) is 0.902. The highest BCUT2D eigenvalue weighted by Gasteiger charge is 2.17. The van der Waals surface area contributed by atoms with Crippen LogP contribution in [0.3, 0.4) is 0 Å². The van der Waals surface area contributed by atoms with Crippen LogP contribution in [-0.2, 0) is 26.4 Å². The van der Waals surface area contributed by atoms with E-state index in [1.165, 1.54) is 4.68 Å². The normalized spacial score (nSPS) is 13.6. The summed E-state index contributed by atoms with van der Waals surface area (Å²) in [5, 5.41) is 11.6. The van der Waals surface area contributed by atoms with Crippen LogP contribution in [-0.4, -0.2) is 32.0 Å². The van der Waals surface area contributed by atoms with Crippen molar-refractivity contribution in [3.8, 4) is 0 Å². The van der Waals surface area contributed by atoms with Crippen LogP contribution < -0.4 is 10.9 Å². The van der Waals surface area contributed by atoms with Crippen molar-refractivity contribution in [3.63, 3.8) is 0 Å². The van der Waals surface area contributed by atoms with E-state index >= 15 is 0 Å². The van der Waals surface area contributed by atoms with Gasteiger partial charge in [0.1, 0.15) is 0 Å². The molecule has 0 bridgehead atoms. The van der Waals surface area contributed by atoms with Crippen molar-refractivity contribution in [1.29, 1.82) is 0 Å². The number of nitrogens with one attached hydrogen (secondary N) is 1. The monoisotopic (exact) mass is 329 g/mol. The zero-order valence-electron chi connectivity index (χ0n) is 14.4. The minimum Gasteiger partial charge on any atom is -0.350 e. The maximum absolute atomic E-state index is 12.3. The second-order valence-electron chi connectivity index (χ2n) is 6.31. The molecular weight excluding hydrogens is 306 g/mol. The maximum Gasteiger partial charge on any atom is 0.267 e. The van der Waals surface area contributed by atoms with Crippen molar-refractivity contribution < 1.29 is 4.79 Å². The molecule has 0 saturated heterocycles. The Morgan fingerprint density at radius 3 is 2.71 bits per heavy atom. The molecule has 1 aliphatic rings. The van der Waals surface area contributed by atoms with Crippen LogP contribution in [0.2, 0.25) is 0 Å². The van der Waals surface area contributed by atoms with Gasteiger partial charge in [-0.25, -0.2) is 4.68 Å². The van der Waals surface area contributed by atoms with Crippen molar-refractivity contribution in [2.24, 2.45) is 7.05 Å². The number of aromatic nitrogens is 4. The SMILES string of the molecule is Cc1nn(C)c(C)c1C(=O)NCCn1nc2c(cc1=O)CCCC2. The van der Waals surface area contributed by atoms with Crippen molar-refractivity contribution >= 4 is 5.91 Å². The van der Waals surface area contributed by atoms with Gasteiger partial charge in [-0.05, 0) is 45.1 Å². The average Bonchev–Trinajstić information content (AvgIpc) is 2.80. The van der Waals surface area contributed by atoms with Crippen LogP contribution in [0.5, 0.6) is 0 Å². The van der Waals surface area contributed by atoms with Crippen LogP contribution in [0, 0.1) is 13.8 Å². The number of fused-ring (bicyclic) bond motifs is 1. The topological polar surface area (TPSA) is 81.8 Å². The van der Waals surface area contributed by atoms with Gasteiger partial charge in [-0.3, -0.25) is 14.3 Å². The summed E-state index contributed by atoms with van der Waals surface area (Å²) < 4.78 is 3.15. The molecule has 3 rings (SSSR count). The molecular formula is C17H23N5O2. The summed E-state index contributed by atoms with van der Waals surface area (Å²) in [6.07, 6.45) is 4.11. The van der Waals surface area contributed by atoms with E-state index in [-0.39, 0.29) is 11.5 Å². The van der Waals surface area contributed by atoms with Gasteiger partial charge in [0.25, 0.3) is 11.5 Å². The quantitative estimate of drug-likeness (QED) is 0.904. The van der Waals surface area contributed by atoms with Crippen LogP contribution in [0.25, 0.3) is 0 Å². The third-order valence-electron chi connectivity index (χ3n) is 4.62. The Morgan fingerprint density at radius 1 is 1.25 bits per heavy atom. The summed E-state index contributed by atoms with van der Waals surface area (Å²) in [4.78, 5) is 24.5. The van der Waals surface area contributed by atoms with E-state index in [0.717, 1.165) is 42.6 Å². The first kappa shape index (κ1) is 16.4. The Morgan fingerprint density at radius 2 is 2.00 bits per heavy atom. The molecule has 0 spiro atoms. The molecule has 7 nitrogen and oxygen atoms in total. The van der Waals surface area contributed by atoms with E-state index in [2.05, 4.69) is 15.5 Å². The first-order valence-electron chi connectivity index (χ1n) is 8.35. The van der Waals surface area contributed by atoms with Gasteiger partial charge < -0.3 is 5.32 Å². The summed E-state index contributed by atoms with van der Waals surface area (Å²) in [5.74, 6) is -0.163. The predicted molar refractivity (Wildman–Crippen MR) is 90.2 cm³/mol. The van der Waals surface area contributed by atoms with Crippen molar-refractivity contribution in [2.45, 2.75) is 46.1 Å². The smallest absolute Gasteiger partial charge is 0.267 e. The second-order valence-corrected chi connectivity index (χ2v) is 6.31. The molecule has 7 heteroatoms. The standard InChI is InChI=1S/C17H23N5O2/c1-11-16(12(2)21(3)19-11)17(24)18-8-9-22-15(23)10-13-6-4-5-7-14(13)20-22/h10H,4-9H2,1-3H3,(H,18,24). The molecule has 128 valence electrons. The van der Waals surface area contributed by atoms with E-state index in [0.29, 0.717) is 24.3 Å². The number of hydrogen-bond donors (Lipinski definition) is 1. The highest BCUT2D eigenvalue weighted by atomic mass is 16.2. The van der Waals surface area contributed by atoms with Gasteiger partial charge in [0.2, 0.25) is 0 Å². The Balaban J connectivity index is 1.66. The van der Waals surface area contributed by atoms with Crippen molar-refractivity contribution in [1.82, 2.24) is 24.9 Å². The van der Waals surface area contributed by atoms with Gasteiger partial charge in [-0.1, -0.05) is 0 Å². The second kappa shape index (κ2) is 6.59. The van der Waals surface area contributed by atoms with Gasteiger partial charge in [0, 0.05) is 25.4 Å². The zero-order chi connectivity index (χ0) is 17.3. The molecule has 0 aliphatic heterocycles. The number of carbonyl (C=O) groups is 1. The van der Waals surface area contributed by atoms with E-state index in [1.54, 1.807) is 10.7 Å². The first-order chi connectivity index (χ1) is 11.5. The molecule has 1 N–H and O–H groups in total. The number of rotatable bonds is 4. The van der Waals surface area contributed by atoms with Gasteiger partial charge in [-0.2, -0.15) is 10.2 Å². The lowest BCUT2D eigenvalue weighted by Gasteiger charge is -2.16. The third-order valence-corrected chi connectivity index (χ3v) is 4.62. The zero-order valence-corrected chi connectivity index (χ0v) is 14.4. The van der Waals surface area contributed by atoms with Crippen LogP contribution in [0.4, 0.5) is 0 Å². The summed E-state index contributed by atoms with van der Waals surface area (Å²) in [7, 11) is 1.82. The fraction of sp³-hybridized carbons (Fsp3) is 0.529. The highest BCUT2D eigenvalue weighted by Crippen LogP contribution is 2.16. The summed E-state index contributed by atoms with van der Waals surface area (Å²) in [6.45, 7) is 4.41. The lowest BCUT2D eigenvalue weighted by atomic mass is 9.97. The van der Waals surface area contributed by atoms with Crippen LogP contribution >= 0.6 is 0 Å². The van der Waals surface area contributed by atoms with Gasteiger partial charge >= 0.3 is 0 Å². The maximum atomic E-state index is 12.3. The molecule has 1 amide bonds. The first-order valence-corrected chi connectivity index (χ1v) is 8.35. The average molecular weight is 329 g/mol. The third kappa shape index (κ3) is 3.11. The minimum atomic E-state index is -0.163. The minimum absolute atomic E-state index is 0.0985. The molecule has 1 aliphatic carbocycles. The molecule has 0 atom stereocenters. The fourth-order valence-corrected chi connectivity index (χ4v) is 3.23. The largest absolute Gasteiger partial charge is 0.350 e. The lowest BCUT2D eigenvalue weighted by Crippen LogP contribution is -2.33. The van der Waals surface area contributed by atoms with E-state index < -0.39 is 0 Å². The molecule has 0 aromatic carbocycles. The molecule has 0 saturated carbocycles. The van der Waals surface area contributed by atoms with E-state index in [9.17, 15) is 9.59 Å². The Bertz CT molecular complexity index is 834. The lowest BCUT2D eigenvalue weighted by molar-refractivity contribution is 0.0950. The van der Waals surface area contributed by atoms with Crippen molar-refractivity contribution in [3.05, 3.63) is 44.6 Å². The number of hydrogen-bond acceptors (Lipinski definition) is 4. The molecule has 2 aromatic rings. The van der Waals surface area contributed by atoms with E-state index in [1.807, 2.05) is 20.9 Å². The highest BCUT2D eigenvalue weighted by molar-refractivity contribution is 5.96.